The van der Waals surface area contributed by atoms with E-state index in [9.17, 15) is 8.78 Å². The molecule has 1 heterocycles. The first kappa shape index (κ1) is 13.9. The summed E-state index contributed by atoms with van der Waals surface area (Å²) in [6.45, 7) is 5.57. The molecular formula is C14H17F2N3. The number of rotatable bonds is 3. The standard InChI is InChI=1S/C14H17F2N3/c1-11(9-17)19-6-4-18(5-7-19)10-12-2-3-13(15)8-14(12)16/h2-3,8,11H,4-7,10H2,1H3. The Hall–Kier alpha value is -1.51. The van der Waals surface area contributed by atoms with E-state index in [0.29, 0.717) is 12.1 Å². The molecule has 1 aliphatic rings. The maximum atomic E-state index is 13.5. The Morgan fingerprint density at radius 1 is 1.26 bits per heavy atom. The quantitative estimate of drug-likeness (QED) is 0.837. The molecule has 0 radical (unpaired) electrons. The minimum absolute atomic E-state index is 0.0790. The minimum atomic E-state index is -0.547. The van der Waals surface area contributed by atoms with Gasteiger partial charge in [-0.2, -0.15) is 5.26 Å². The van der Waals surface area contributed by atoms with Crippen molar-refractivity contribution < 1.29 is 8.78 Å². The van der Waals surface area contributed by atoms with Crippen molar-refractivity contribution in [1.29, 1.82) is 5.26 Å². The van der Waals surface area contributed by atoms with Gasteiger partial charge in [0.25, 0.3) is 0 Å². The van der Waals surface area contributed by atoms with Crippen LogP contribution in [0.25, 0.3) is 0 Å². The Labute approximate surface area is 112 Å². The number of hydrogen-bond donors (Lipinski definition) is 0. The smallest absolute Gasteiger partial charge is 0.130 e. The van der Waals surface area contributed by atoms with E-state index >= 15 is 0 Å². The van der Waals surface area contributed by atoms with E-state index in [-0.39, 0.29) is 6.04 Å². The molecule has 0 N–H and O–H groups in total. The molecule has 0 bridgehead atoms. The van der Waals surface area contributed by atoms with E-state index in [1.807, 2.05) is 6.92 Å². The molecule has 5 heteroatoms. The molecule has 19 heavy (non-hydrogen) atoms. The fourth-order valence-electron chi connectivity index (χ4n) is 2.28. The fourth-order valence-corrected chi connectivity index (χ4v) is 2.28. The third kappa shape index (κ3) is 3.49. The molecule has 1 unspecified atom stereocenters. The Bertz CT molecular complexity index is 476. The fraction of sp³-hybridized carbons (Fsp3) is 0.500. The Morgan fingerprint density at radius 2 is 1.95 bits per heavy atom. The molecular weight excluding hydrogens is 248 g/mol. The molecule has 0 saturated carbocycles. The van der Waals surface area contributed by atoms with Gasteiger partial charge in [-0.15, -0.1) is 0 Å². The Balaban J connectivity index is 1.91. The van der Waals surface area contributed by atoms with E-state index in [0.717, 1.165) is 32.2 Å². The molecule has 3 nitrogen and oxygen atoms in total. The predicted octanol–water partition coefficient (Wildman–Crippen LogP) is 1.99. The van der Waals surface area contributed by atoms with Crippen LogP contribution in [0.3, 0.4) is 0 Å². The average molecular weight is 265 g/mol. The Morgan fingerprint density at radius 3 is 2.53 bits per heavy atom. The number of halogens is 2. The van der Waals surface area contributed by atoms with Crippen LogP contribution in [0.5, 0.6) is 0 Å². The molecule has 1 aromatic rings. The van der Waals surface area contributed by atoms with Gasteiger partial charge in [-0.3, -0.25) is 9.80 Å². The zero-order valence-corrected chi connectivity index (χ0v) is 10.9. The molecule has 1 saturated heterocycles. The topological polar surface area (TPSA) is 30.3 Å². The molecule has 1 aliphatic heterocycles. The van der Waals surface area contributed by atoms with Crippen LogP contribution in [0.4, 0.5) is 8.78 Å². The highest BCUT2D eigenvalue weighted by molar-refractivity contribution is 5.18. The normalized spacial score (nSPS) is 19.1. The Kier molecular flexibility index (Phi) is 4.46. The van der Waals surface area contributed by atoms with Crippen molar-refractivity contribution >= 4 is 0 Å². The molecule has 1 atom stereocenters. The van der Waals surface area contributed by atoms with Crippen molar-refractivity contribution in [3.63, 3.8) is 0 Å². The van der Waals surface area contributed by atoms with Gasteiger partial charge in [-0.25, -0.2) is 8.78 Å². The van der Waals surface area contributed by atoms with E-state index in [1.165, 1.54) is 12.1 Å². The van der Waals surface area contributed by atoms with Crippen LogP contribution in [0, 0.1) is 23.0 Å². The van der Waals surface area contributed by atoms with Gasteiger partial charge in [0.2, 0.25) is 0 Å². The lowest BCUT2D eigenvalue weighted by molar-refractivity contribution is 0.113. The summed E-state index contributed by atoms with van der Waals surface area (Å²) in [5.41, 5.74) is 0.517. The second-order valence-corrected chi connectivity index (χ2v) is 4.85. The number of benzene rings is 1. The molecule has 1 fully saturated rings. The zero-order chi connectivity index (χ0) is 13.8. The van der Waals surface area contributed by atoms with E-state index < -0.39 is 11.6 Å². The molecule has 0 aromatic heterocycles. The van der Waals surface area contributed by atoms with Gasteiger partial charge in [-0.1, -0.05) is 6.07 Å². The van der Waals surface area contributed by atoms with Crippen molar-refractivity contribution in [2.24, 2.45) is 0 Å². The van der Waals surface area contributed by atoms with Gasteiger partial charge in [-0.05, 0) is 13.0 Å². The number of piperazine rings is 1. The summed E-state index contributed by atoms with van der Waals surface area (Å²) in [5, 5.41) is 8.86. The summed E-state index contributed by atoms with van der Waals surface area (Å²) < 4.78 is 26.4. The van der Waals surface area contributed by atoms with Crippen molar-refractivity contribution in [2.75, 3.05) is 26.2 Å². The highest BCUT2D eigenvalue weighted by Gasteiger charge is 2.21. The van der Waals surface area contributed by atoms with E-state index in [2.05, 4.69) is 15.9 Å². The van der Waals surface area contributed by atoms with Crippen LogP contribution in [0.2, 0.25) is 0 Å². The highest BCUT2D eigenvalue weighted by atomic mass is 19.1. The van der Waals surface area contributed by atoms with Crippen LogP contribution in [-0.2, 0) is 6.54 Å². The largest absolute Gasteiger partial charge is 0.296 e. The zero-order valence-electron chi connectivity index (χ0n) is 10.9. The molecule has 2 rings (SSSR count). The summed E-state index contributed by atoms with van der Waals surface area (Å²) in [6, 6.07) is 5.84. The second kappa shape index (κ2) is 6.09. The molecule has 1 aromatic carbocycles. The number of hydrogen-bond acceptors (Lipinski definition) is 3. The minimum Gasteiger partial charge on any atom is -0.296 e. The summed E-state index contributed by atoms with van der Waals surface area (Å²) >= 11 is 0. The molecule has 0 amide bonds. The van der Waals surface area contributed by atoms with Crippen LogP contribution < -0.4 is 0 Å². The molecule has 0 spiro atoms. The third-order valence-corrected chi connectivity index (χ3v) is 3.55. The van der Waals surface area contributed by atoms with Gasteiger partial charge in [0.15, 0.2) is 0 Å². The van der Waals surface area contributed by atoms with Crippen molar-refractivity contribution in [3.8, 4) is 6.07 Å². The highest BCUT2D eigenvalue weighted by Crippen LogP contribution is 2.14. The first-order valence-corrected chi connectivity index (χ1v) is 6.40. The third-order valence-electron chi connectivity index (χ3n) is 3.55. The summed E-state index contributed by atoms with van der Waals surface area (Å²) in [5.74, 6) is -1.04. The van der Waals surface area contributed by atoms with Crippen LogP contribution in [0.1, 0.15) is 12.5 Å². The molecule has 0 aliphatic carbocycles. The SMILES string of the molecule is CC(C#N)N1CCN(Cc2ccc(F)cc2F)CC1. The van der Waals surface area contributed by atoms with Crippen molar-refractivity contribution in [2.45, 2.75) is 19.5 Å². The van der Waals surface area contributed by atoms with Crippen molar-refractivity contribution in [3.05, 3.63) is 35.4 Å². The lowest BCUT2D eigenvalue weighted by Gasteiger charge is -2.35. The van der Waals surface area contributed by atoms with Gasteiger partial charge in [0.05, 0.1) is 12.1 Å². The first-order valence-electron chi connectivity index (χ1n) is 6.40. The maximum absolute atomic E-state index is 13.5. The van der Waals surface area contributed by atoms with Crippen molar-refractivity contribution in [1.82, 2.24) is 9.80 Å². The van der Waals surface area contributed by atoms with Crippen LogP contribution in [-0.4, -0.2) is 42.0 Å². The molecule has 102 valence electrons. The number of nitriles is 1. The van der Waals surface area contributed by atoms with E-state index in [4.69, 9.17) is 5.26 Å². The average Bonchev–Trinajstić information content (AvgIpc) is 2.42. The monoisotopic (exact) mass is 265 g/mol. The van der Waals surface area contributed by atoms with Gasteiger partial charge in [0, 0.05) is 44.4 Å². The summed E-state index contributed by atoms with van der Waals surface area (Å²) in [7, 11) is 0. The second-order valence-electron chi connectivity index (χ2n) is 4.85. The van der Waals surface area contributed by atoms with Gasteiger partial charge < -0.3 is 0 Å². The van der Waals surface area contributed by atoms with E-state index in [1.54, 1.807) is 0 Å². The maximum Gasteiger partial charge on any atom is 0.130 e. The lowest BCUT2D eigenvalue weighted by atomic mass is 10.1. The van der Waals surface area contributed by atoms with Gasteiger partial charge in [0.1, 0.15) is 11.6 Å². The predicted molar refractivity (Wildman–Crippen MR) is 68.3 cm³/mol. The van der Waals surface area contributed by atoms with Crippen LogP contribution in [0.15, 0.2) is 18.2 Å². The summed E-state index contributed by atoms with van der Waals surface area (Å²) in [4.78, 5) is 4.23. The van der Waals surface area contributed by atoms with Crippen LogP contribution >= 0.6 is 0 Å². The number of nitrogens with zero attached hydrogens (tertiary/aromatic N) is 3. The summed E-state index contributed by atoms with van der Waals surface area (Å²) in [6.07, 6.45) is 0. The lowest BCUT2D eigenvalue weighted by Crippen LogP contribution is -2.48. The first-order chi connectivity index (χ1) is 9.10. The van der Waals surface area contributed by atoms with Gasteiger partial charge >= 0.3 is 0 Å².